The molecule has 0 heterocycles. The second-order valence-electron chi connectivity index (χ2n) is 6.53. The molecule has 0 saturated carbocycles. The van der Waals surface area contributed by atoms with Crippen LogP contribution in [0.25, 0.3) is 0 Å². The molecule has 1 unspecified atom stereocenters. The van der Waals surface area contributed by atoms with Crippen LogP contribution in [-0.4, -0.2) is 18.5 Å². The molecule has 1 aromatic rings. The molecule has 0 aliphatic rings. The van der Waals surface area contributed by atoms with Gasteiger partial charge in [-0.3, -0.25) is 9.59 Å². The number of rotatable bonds is 13. The number of hydrogen-bond donors (Lipinski definition) is 0. The largest absolute Gasteiger partial charge is 0.466 e. The number of carbonyl (C=O) groups is 2. The first kappa shape index (κ1) is 22.1. The second-order valence-corrected chi connectivity index (χ2v) is 6.53. The zero-order chi connectivity index (χ0) is 19.2. The third kappa shape index (κ3) is 10.2. The van der Waals surface area contributed by atoms with E-state index in [1.165, 1.54) is 12.1 Å². The van der Waals surface area contributed by atoms with Crippen LogP contribution in [0, 0.1) is 5.82 Å². The molecule has 0 aliphatic carbocycles. The number of unbranched alkanes of at least 4 members (excludes halogenated alkanes) is 5. The van der Waals surface area contributed by atoms with Gasteiger partial charge in [0.15, 0.2) is 0 Å². The molecule has 0 saturated heterocycles. The van der Waals surface area contributed by atoms with E-state index < -0.39 is 0 Å². The lowest BCUT2D eigenvalue weighted by Crippen LogP contribution is -2.08. The Morgan fingerprint density at radius 3 is 2.04 bits per heavy atom. The number of hydrogen-bond acceptors (Lipinski definition) is 4. The summed E-state index contributed by atoms with van der Waals surface area (Å²) in [5.41, 5.74) is 0.789. The van der Waals surface area contributed by atoms with Crippen LogP contribution in [0.3, 0.4) is 0 Å². The molecule has 1 rings (SSSR count). The van der Waals surface area contributed by atoms with Gasteiger partial charge in [-0.25, -0.2) is 4.39 Å². The smallest absolute Gasteiger partial charge is 0.306 e. The van der Waals surface area contributed by atoms with Crippen molar-refractivity contribution in [1.29, 1.82) is 0 Å². The second kappa shape index (κ2) is 13.3. The van der Waals surface area contributed by atoms with E-state index in [1.54, 1.807) is 19.1 Å². The number of carbonyl (C=O) groups excluding carboxylic acids is 2. The van der Waals surface area contributed by atoms with Crippen molar-refractivity contribution < 1.29 is 23.5 Å². The normalized spacial score (nSPS) is 11.8. The minimum absolute atomic E-state index is 0.107. The molecule has 0 fully saturated rings. The maximum absolute atomic E-state index is 12.9. The van der Waals surface area contributed by atoms with Gasteiger partial charge < -0.3 is 9.47 Å². The molecule has 146 valence electrons. The van der Waals surface area contributed by atoms with Gasteiger partial charge in [0.25, 0.3) is 0 Å². The Morgan fingerprint density at radius 2 is 1.46 bits per heavy atom. The molecule has 0 spiro atoms. The quantitative estimate of drug-likeness (QED) is 0.341. The fraction of sp³-hybridized carbons (Fsp3) is 0.619. The summed E-state index contributed by atoms with van der Waals surface area (Å²) in [6, 6.07) is 5.99. The average molecular weight is 366 g/mol. The van der Waals surface area contributed by atoms with Crippen molar-refractivity contribution in [3.8, 4) is 0 Å². The van der Waals surface area contributed by atoms with Crippen molar-refractivity contribution in [3.63, 3.8) is 0 Å². The van der Waals surface area contributed by atoms with Crippen LogP contribution in [0.1, 0.15) is 83.3 Å². The van der Waals surface area contributed by atoms with Gasteiger partial charge >= 0.3 is 11.9 Å². The summed E-state index contributed by atoms with van der Waals surface area (Å²) >= 11 is 0. The Labute approximate surface area is 156 Å². The summed E-state index contributed by atoms with van der Waals surface area (Å²) in [6.07, 6.45) is 7.13. The molecule has 4 nitrogen and oxygen atoms in total. The van der Waals surface area contributed by atoms with Crippen LogP contribution >= 0.6 is 0 Å². The summed E-state index contributed by atoms with van der Waals surface area (Å²) in [4.78, 5) is 23.2. The van der Waals surface area contributed by atoms with Crippen LogP contribution in [0.5, 0.6) is 0 Å². The van der Waals surface area contributed by atoms with Crippen LogP contribution in [0.15, 0.2) is 24.3 Å². The minimum atomic E-state index is -0.365. The topological polar surface area (TPSA) is 52.6 Å². The third-order valence-electron chi connectivity index (χ3n) is 4.13. The van der Waals surface area contributed by atoms with Gasteiger partial charge in [-0.05, 0) is 43.9 Å². The number of benzene rings is 1. The van der Waals surface area contributed by atoms with Crippen molar-refractivity contribution in [2.45, 2.75) is 77.7 Å². The number of ether oxygens (including phenoxy) is 2. The van der Waals surface area contributed by atoms with Crippen LogP contribution in [-0.2, 0) is 19.1 Å². The molecule has 0 aliphatic heterocycles. The fourth-order valence-corrected chi connectivity index (χ4v) is 2.59. The fourth-order valence-electron chi connectivity index (χ4n) is 2.59. The van der Waals surface area contributed by atoms with E-state index >= 15 is 0 Å². The lowest BCUT2D eigenvalue weighted by Gasteiger charge is -2.13. The highest BCUT2D eigenvalue weighted by atomic mass is 19.1. The zero-order valence-corrected chi connectivity index (χ0v) is 16.0. The van der Waals surface area contributed by atoms with E-state index in [0.717, 1.165) is 50.5 Å². The SMILES string of the molecule is CCCOC(=O)CCCCCCCCC(=O)OC(C)c1ccc(F)cc1. The molecule has 26 heavy (non-hydrogen) atoms. The molecule has 0 amide bonds. The molecule has 5 heteroatoms. The maximum Gasteiger partial charge on any atom is 0.306 e. The standard InChI is InChI=1S/C21H31FO4/c1-3-16-25-20(23)10-8-6-4-5-7-9-11-21(24)26-17(2)18-12-14-19(22)15-13-18/h12-15,17H,3-11,16H2,1-2H3. The molecule has 0 N–H and O–H groups in total. The zero-order valence-electron chi connectivity index (χ0n) is 16.0. The summed E-state index contributed by atoms with van der Waals surface area (Å²) in [5.74, 6) is -0.629. The predicted molar refractivity (Wildman–Crippen MR) is 99.1 cm³/mol. The Kier molecular flexibility index (Phi) is 11.3. The van der Waals surface area contributed by atoms with E-state index in [9.17, 15) is 14.0 Å². The highest BCUT2D eigenvalue weighted by molar-refractivity contribution is 5.69. The highest BCUT2D eigenvalue weighted by Gasteiger charge is 2.11. The van der Waals surface area contributed by atoms with E-state index in [-0.39, 0.29) is 23.9 Å². The van der Waals surface area contributed by atoms with Gasteiger partial charge in [-0.15, -0.1) is 0 Å². The lowest BCUT2D eigenvalue weighted by molar-refractivity contribution is -0.148. The van der Waals surface area contributed by atoms with Gasteiger partial charge in [-0.2, -0.15) is 0 Å². The van der Waals surface area contributed by atoms with Gasteiger partial charge in [0.1, 0.15) is 11.9 Å². The molecular formula is C21H31FO4. The summed E-state index contributed by atoms with van der Waals surface area (Å²) in [7, 11) is 0. The Hall–Kier alpha value is -1.91. The monoisotopic (exact) mass is 366 g/mol. The predicted octanol–water partition coefficient (Wildman–Crippen LogP) is 5.50. The third-order valence-corrected chi connectivity index (χ3v) is 4.13. The van der Waals surface area contributed by atoms with Crippen molar-refractivity contribution in [2.75, 3.05) is 6.61 Å². The molecule has 1 aromatic carbocycles. The molecule has 0 bridgehead atoms. The van der Waals surface area contributed by atoms with Crippen LogP contribution in [0.2, 0.25) is 0 Å². The van der Waals surface area contributed by atoms with E-state index in [4.69, 9.17) is 9.47 Å². The Balaban J connectivity index is 2.01. The summed E-state index contributed by atoms with van der Waals surface area (Å²) in [6.45, 7) is 4.28. The molecule has 0 aromatic heterocycles. The number of esters is 2. The van der Waals surface area contributed by atoms with Crippen molar-refractivity contribution in [1.82, 2.24) is 0 Å². The lowest BCUT2D eigenvalue weighted by atomic mass is 10.1. The molecule has 1 atom stereocenters. The minimum Gasteiger partial charge on any atom is -0.466 e. The first-order valence-corrected chi connectivity index (χ1v) is 9.63. The van der Waals surface area contributed by atoms with Crippen LogP contribution < -0.4 is 0 Å². The summed E-state index contributed by atoms with van der Waals surface area (Å²) < 4.78 is 23.3. The Morgan fingerprint density at radius 1 is 0.923 bits per heavy atom. The van der Waals surface area contributed by atoms with E-state index in [0.29, 0.717) is 19.4 Å². The first-order chi connectivity index (χ1) is 12.5. The van der Waals surface area contributed by atoms with E-state index in [2.05, 4.69) is 0 Å². The maximum atomic E-state index is 12.9. The van der Waals surface area contributed by atoms with Crippen molar-refractivity contribution >= 4 is 11.9 Å². The molecule has 0 radical (unpaired) electrons. The average Bonchev–Trinajstić information content (AvgIpc) is 2.62. The van der Waals surface area contributed by atoms with Gasteiger partial charge in [0, 0.05) is 12.8 Å². The van der Waals surface area contributed by atoms with Gasteiger partial charge in [0.05, 0.1) is 6.61 Å². The van der Waals surface area contributed by atoms with Crippen LogP contribution in [0.4, 0.5) is 4.39 Å². The number of halogens is 1. The first-order valence-electron chi connectivity index (χ1n) is 9.63. The Bertz CT molecular complexity index is 527. The van der Waals surface area contributed by atoms with Crippen molar-refractivity contribution in [3.05, 3.63) is 35.6 Å². The van der Waals surface area contributed by atoms with Gasteiger partial charge in [-0.1, -0.05) is 44.7 Å². The molecular weight excluding hydrogens is 335 g/mol. The van der Waals surface area contributed by atoms with Crippen molar-refractivity contribution in [2.24, 2.45) is 0 Å². The van der Waals surface area contributed by atoms with E-state index in [1.807, 2.05) is 6.92 Å². The summed E-state index contributed by atoms with van der Waals surface area (Å²) in [5, 5.41) is 0. The van der Waals surface area contributed by atoms with Gasteiger partial charge in [0.2, 0.25) is 0 Å². The highest BCUT2D eigenvalue weighted by Crippen LogP contribution is 2.18.